The first-order chi connectivity index (χ1) is 12.2. The fourth-order valence-electron chi connectivity index (χ4n) is 4.47. The highest BCUT2D eigenvalue weighted by molar-refractivity contribution is 5.88. The molecule has 1 aromatic carbocycles. The van der Waals surface area contributed by atoms with Crippen LogP contribution in [0.1, 0.15) is 50.1 Å². The molecular formula is C20H26N2O3. The Morgan fingerprint density at radius 3 is 2.52 bits per heavy atom. The van der Waals surface area contributed by atoms with E-state index in [1.165, 1.54) is 0 Å². The van der Waals surface area contributed by atoms with E-state index in [2.05, 4.69) is 5.32 Å². The minimum absolute atomic E-state index is 0.0162. The highest BCUT2D eigenvalue weighted by Crippen LogP contribution is 2.35. The number of carbonyl (C=O) groups is 2. The fourth-order valence-corrected chi connectivity index (χ4v) is 4.47. The van der Waals surface area contributed by atoms with Gasteiger partial charge in [-0.05, 0) is 31.7 Å². The Labute approximate surface area is 148 Å². The minimum atomic E-state index is -0.199. The van der Waals surface area contributed by atoms with Gasteiger partial charge < -0.3 is 15.0 Å². The van der Waals surface area contributed by atoms with Gasteiger partial charge in [-0.15, -0.1) is 0 Å². The Morgan fingerprint density at radius 1 is 1.00 bits per heavy atom. The number of rotatable bonds is 3. The summed E-state index contributed by atoms with van der Waals surface area (Å²) in [4.78, 5) is 27.8. The number of para-hydroxylation sites is 1. The lowest BCUT2D eigenvalue weighted by Crippen LogP contribution is -2.45. The standard InChI is InChI=1S/C20H26N2O3/c23-19(21-17-13-25-18-10-4-3-9-16(17)18)14-7-1-2-8-15(14)20(24)22-11-5-6-12-22/h3-4,9-10,14-15,17H,1-2,5-8,11-13H2,(H,21,23)/t14-,15+,17+/m0/s1. The van der Waals surface area contributed by atoms with E-state index >= 15 is 0 Å². The molecule has 0 aromatic heterocycles. The van der Waals surface area contributed by atoms with Gasteiger partial charge in [0, 0.05) is 30.5 Å². The van der Waals surface area contributed by atoms with Gasteiger partial charge in [0.1, 0.15) is 12.4 Å². The van der Waals surface area contributed by atoms with Crippen LogP contribution in [-0.2, 0) is 9.59 Å². The van der Waals surface area contributed by atoms with Gasteiger partial charge in [-0.1, -0.05) is 31.0 Å². The van der Waals surface area contributed by atoms with Gasteiger partial charge >= 0.3 is 0 Å². The lowest BCUT2D eigenvalue weighted by molar-refractivity contribution is -0.143. The number of benzene rings is 1. The summed E-state index contributed by atoms with van der Waals surface area (Å²) in [6.07, 6.45) is 5.90. The Hall–Kier alpha value is -2.04. The zero-order valence-corrected chi connectivity index (χ0v) is 14.6. The third-order valence-electron chi connectivity index (χ3n) is 5.85. The lowest BCUT2D eigenvalue weighted by atomic mass is 9.77. The molecule has 4 rings (SSSR count). The molecule has 2 heterocycles. The van der Waals surface area contributed by atoms with Crippen molar-refractivity contribution in [3.8, 4) is 5.75 Å². The van der Waals surface area contributed by atoms with Crippen LogP contribution in [0.5, 0.6) is 5.75 Å². The molecule has 1 aliphatic carbocycles. The third-order valence-corrected chi connectivity index (χ3v) is 5.85. The van der Waals surface area contributed by atoms with Gasteiger partial charge in [-0.2, -0.15) is 0 Å². The van der Waals surface area contributed by atoms with Crippen molar-refractivity contribution in [2.24, 2.45) is 11.8 Å². The molecule has 0 bridgehead atoms. The van der Waals surface area contributed by atoms with E-state index in [-0.39, 0.29) is 29.7 Å². The summed E-state index contributed by atoms with van der Waals surface area (Å²) in [6.45, 7) is 2.18. The molecule has 1 saturated carbocycles. The second kappa shape index (κ2) is 7.06. The van der Waals surface area contributed by atoms with Gasteiger partial charge in [0.2, 0.25) is 11.8 Å². The monoisotopic (exact) mass is 342 g/mol. The van der Waals surface area contributed by atoms with Crippen molar-refractivity contribution in [1.29, 1.82) is 0 Å². The van der Waals surface area contributed by atoms with Crippen LogP contribution in [0.15, 0.2) is 24.3 Å². The molecule has 3 atom stereocenters. The number of nitrogens with zero attached hydrogens (tertiary/aromatic N) is 1. The molecular weight excluding hydrogens is 316 g/mol. The fraction of sp³-hybridized carbons (Fsp3) is 0.600. The van der Waals surface area contributed by atoms with Crippen LogP contribution in [-0.4, -0.2) is 36.4 Å². The van der Waals surface area contributed by atoms with Crippen molar-refractivity contribution >= 4 is 11.8 Å². The van der Waals surface area contributed by atoms with Crippen LogP contribution in [0.4, 0.5) is 0 Å². The molecule has 0 radical (unpaired) electrons. The van der Waals surface area contributed by atoms with Gasteiger partial charge in [0.05, 0.1) is 6.04 Å². The number of nitrogens with one attached hydrogen (secondary N) is 1. The van der Waals surface area contributed by atoms with Gasteiger partial charge in [0.25, 0.3) is 0 Å². The maximum atomic E-state index is 13.0. The van der Waals surface area contributed by atoms with Gasteiger partial charge in [-0.25, -0.2) is 0 Å². The van der Waals surface area contributed by atoms with Crippen LogP contribution in [0.2, 0.25) is 0 Å². The maximum Gasteiger partial charge on any atom is 0.226 e. The first kappa shape index (κ1) is 16.4. The van der Waals surface area contributed by atoms with Gasteiger partial charge in [-0.3, -0.25) is 9.59 Å². The molecule has 2 fully saturated rings. The summed E-state index contributed by atoms with van der Waals surface area (Å²) in [5.41, 5.74) is 1.04. The van der Waals surface area contributed by atoms with Crippen LogP contribution < -0.4 is 10.1 Å². The van der Waals surface area contributed by atoms with E-state index in [1.807, 2.05) is 29.2 Å². The topological polar surface area (TPSA) is 58.6 Å². The Balaban J connectivity index is 1.45. The molecule has 1 N–H and O–H groups in total. The summed E-state index contributed by atoms with van der Waals surface area (Å²) >= 11 is 0. The highest BCUT2D eigenvalue weighted by Gasteiger charge is 2.39. The van der Waals surface area contributed by atoms with Crippen LogP contribution in [0, 0.1) is 11.8 Å². The SMILES string of the molecule is O=C(N[C@@H]1COc2ccccc21)[C@H]1CCCC[C@H]1C(=O)N1CCCC1. The van der Waals surface area contributed by atoms with Crippen molar-refractivity contribution in [3.05, 3.63) is 29.8 Å². The summed E-state index contributed by atoms with van der Waals surface area (Å²) < 4.78 is 5.66. The largest absolute Gasteiger partial charge is 0.491 e. The molecule has 3 aliphatic rings. The lowest BCUT2D eigenvalue weighted by Gasteiger charge is -2.33. The molecule has 1 saturated heterocycles. The maximum absolute atomic E-state index is 13.0. The zero-order valence-electron chi connectivity index (χ0n) is 14.6. The second-order valence-electron chi connectivity index (χ2n) is 7.44. The minimum Gasteiger partial charge on any atom is -0.491 e. The quantitative estimate of drug-likeness (QED) is 0.919. The number of carbonyl (C=O) groups excluding carboxylic acids is 2. The summed E-state index contributed by atoms with van der Waals surface area (Å²) in [7, 11) is 0. The van der Waals surface area contributed by atoms with Crippen molar-refractivity contribution < 1.29 is 14.3 Å². The van der Waals surface area contributed by atoms with Crippen LogP contribution >= 0.6 is 0 Å². The molecule has 25 heavy (non-hydrogen) atoms. The van der Waals surface area contributed by atoms with E-state index in [9.17, 15) is 9.59 Å². The second-order valence-corrected chi connectivity index (χ2v) is 7.44. The molecule has 2 aliphatic heterocycles. The Bertz CT molecular complexity index is 654. The molecule has 1 aromatic rings. The van der Waals surface area contributed by atoms with E-state index in [0.29, 0.717) is 6.61 Å². The summed E-state index contributed by atoms with van der Waals surface area (Å²) in [5.74, 6) is 0.711. The number of hydrogen-bond acceptors (Lipinski definition) is 3. The average Bonchev–Trinajstić information content (AvgIpc) is 3.32. The molecule has 0 unspecified atom stereocenters. The van der Waals surface area contributed by atoms with Crippen LogP contribution in [0.25, 0.3) is 0 Å². The molecule has 5 nitrogen and oxygen atoms in total. The van der Waals surface area contributed by atoms with E-state index < -0.39 is 0 Å². The first-order valence-corrected chi connectivity index (χ1v) is 9.55. The number of likely N-dealkylation sites (tertiary alicyclic amines) is 1. The molecule has 2 amide bonds. The molecule has 5 heteroatoms. The Kier molecular flexibility index (Phi) is 4.64. The number of hydrogen-bond donors (Lipinski definition) is 1. The number of fused-ring (bicyclic) bond motifs is 1. The number of ether oxygens (including phenoxy) is 1. The Morgan fingerprint density at radius 2 is 1.72 bits per heavy atom. The van der Waals surface area contributed by atoms with Crippen molar-refractivity contribution in [3.63, 3.8) is 0 Å². The third kappa shape index (κ3) is 3.24. The van der Waals surface area contributed by atoms with Crippen LogP contribution in [0.3, 0.4) is 0 Å². The summed E-state index contributed by atoms with van der Waals surface area (Å²) in [6, 6.07) is 7.73. The van der Waals surface area contributed by atoms with Crippen molar-refractivity contribution in [2.75, 3.05) is 19.7 Å². The average molecular weight is 342 g/mol. The molecule has 0 spiro atoms. The normalized spacial score (nSPS) is 28.3. The van der Waals surface area contributed by atoms with Crippen molar-refractivity contribution in [2.45, 2.75) is 44.6 Å². The first-order valence-electron chi connectivity index (χ1n) is 9.55. The zero-order chi connectivity index (χ0) is 17.2. The number of amides is 2. The summed E-state index contributed by atoms with van der Waals surface area (Å²) in [5, 5.41) is 3.15. The predicted octanol–water partition coefficient (Wildman–Crippen LogP) is 2.67. The molecule has 134 valence electrons. The van der Waals surface area contributed by atoms with Gasteiger partial charge in [0.15, 0.2) is 0 Å². The van der Waals surface area contributed by atoms with Crippen molar-refractivity contribution in [1.82, 2.24) is 10.2 Å². The van der Waals surface area contributed by atoms with E-state index in [4.69, 9.17) is 4.74 Å². The van der Waals surface area contributed by atoms with E-state index in [1.54, 1.807) is 0 Å². The highest BCUT2D eigenvalue weighted by atomic mass is 16.5. The van der Waals surface area contributed by atoms with E-state index in [0.717, 1.165) is 62.9 Å². The predicted molar refractivity (Wildman–Crippen MR) is 94.1 cm³/mol. The smallest absolute Gasteiger partial charge is 0.226 e.